The largest absolute Gasteiger partial charge is 0.496 e. The number of aliphatic hydroxyl groups excluding tert-OH is 1. The Hall–Kier alpha value is -1.94. The molecule has 0 amide bonds. The van der Waals surface area contributed by atoms with Crippen LogP contribution in [-0.2, 0) is 0 Å². The average molecular weight is 264 g/mol. The molecule has 0 radical (unpaired) electrons. The van der Waals surface area contributed by atoms with Gasteiger partial charge in [-0.05, 0) is 36.2 Å². The minimum absolute atomic E-state index is 0.0472. The third-order valence-electron chi connectivity index (χ3n) is 2.99. The number of halogens is 2. The van der Waals surface area contributed by atoms with E-state index in [1.165, 1.54) is 6.07 Å². The Morgan fingerprint density at radius 1 is 1.11 bits per heavy atom. The van der Waals surface area contributed by atoms with Gasteiger partial charge < -0.3 is 9.84 Å². The fourth-order valence-electron chi connectivity index (χ4n) is 1.97. The van der Waals surface area contributed by atoms with Crippen LogP contribution in [0, 0.1) is 18.6 Å². The standard InChI is InChI=1S/C15H14F2O2/c1-9-7-10(3-6-14(9)19-2)15(18)12-5-4-11(16)8-13(12)17/h3-8,15,18H,1-2H3. The van der Waals surface area contributed by atoms with Gasteiger partial charge in [-0.3, -0.25) is 0 Å². The van der Waals surface area contributed by atoms with E-state index in [1.54, 1.807) is 25.3 Å². The molecular formula is C15H14F2O2. The maximum absolute atomic E-state index is 13.6. The van der Waals surface area contributed by atoms with E-state index in [1.807, 2.05) is 6.92 Å². The van der Waals surface area contributed by atoms with Crippen molar-refractivity contribution in [2.24, 2.45) is 0 Å². The fourth-order valence-corrected chi connectivity index (χ4v) is 1.97. The molecule has 0 spiro atoms. The molecule has 2 rings (SSSR count). The summed E-state index contributed by atoms with van der Waals surface area (Å²) in [5, 5.41) is 10.1. The van der Waals surface area contributed by atoms with Crippen molar-refractivity contribution in [2.75, 3.05) is 7.11 Å². The summed E-state index contributed by atoms with van der Waals surface area (Å²) in [6.07, 6.45) is -1.13. The number of ether oxygens (including phenoxy) is 1. The molecular weight excluding hydrogens is 250 g/mol. The first kappa shape index (κ1) is 13.5. The number of aliphatic hydroxyl groups is 1. The van der Waals surface area contributed by atoms with Gasteiger partial charge in [0.15, 0.2) is 0 Å². The molecule has 4 heteroatoms. The molecule has 0 aliphatic carbocycles. The lowest BCUT2D eigenvalue weighted by atomic mass is 9.99. The summed E-state index contributed by atoms with van der Waals surface area (Å²) in [6, 6.07) is 8.20. The fraction of sp³-hybridized carbons (Fsp3) is 0.200. The van der Waals surface area contributed by atoms with Crippen LogP contribution in [-0.4, -0.2) is 12.2 Å². The van der Waals surface area contributed by atoms with Crippen molar-refractivity contribution in [1.82, 2.24) is 0 Å². The van der Waals surface area contributed by atoms with E-state index in [0.717, 1.165) is 17.7 Å². The highest BCUT2D eigenvalue weighted by Crippen LogP contribution is 2.28. The van der Waals surface area contributed by atoms with Crippen LogP contribution in [0.2, 0.25) is 0 Å². The summed E-state index contributed by atoms with van der Waals surface area (Å²) in [7, 11) is 1.55. The summed E-state index contributed by atoms with van der Waals surface area (Å²) < 4.78 is 31.6. The van der Waals surface area contributed by atoms with E-state index in [4.69, 9.17) is 4.74 Å². The minimum Gasteiger partial charge on any atom is -0.496 e. The highest BCUT2D eigenvalue weighted by molar-refractivity contribution is 5.40. The molecule has 1 unspecified atom stereocenters. The van der Waals surface area contributed by atoms with E-state index in [0.29, 0.717) is 11.3 Å². The number of benzene rings is 2. The molecule has 0 saturated carbocycles. The van der Waals surface area contributed by atoms with E-state index in [9.17, 15) is 13.9 Å². The highest BCUT2D eigenvalue weighted by atomic mass is 19.1. The van der Waals surface area contributed by atoms with Gasteiger partial charge in [-0.2, -0.15) is 0 Å². The Balaban J connectivity index is 2.38. The van der Waals surface area contributed by atoms with Crippen molar-refractivity contribution >= 4 is 0 Å². The monoisotopic (exact) mass is 264 g/mol. The number of rotatable bonds is 3. The zero-order valence-corrected chi connectivity index (χ0v) is 10.7. The van der Waals surface area contributed by atoms with Crippen LogP contribution in [0.4, 0.5) is 8.78 Å². The molecule has 0 aromatic heterocycles. The molecule has 2 aromatic carbocycles. The van der Waals surface area contributed by atoms with Crippen molar-refractivity contribution in [1.29, 1.82) is 0 Å². The Morgan fingerprint density at radius 3 is 2.42 bits per heavy atom. The summed E-state index contributed by atoms with van der Waals surface area (Å²) >= 11 is 0. The number of methoxy groups -OCH3 is 1. The van der Waals surface area contributed by atoms with Gasteiger partial charge in [-0.1, -0.05) is 12.1 Å². The molecule has 0 bridgehead atoms. The SMILES string of the molecule is COc1ccc(C(O)c2ccc(F)cc2F)cc1C. The van der Waals surface area contributed by atoms with Crippen molar-refractivity contribution in [3.63, 3.8) is 0 Å². The van der Waals surface area contributed by atoms with Crippen LogP contribution in [0.25, 0.3) is 0 Å². The molecule has 0 saturated heterocycles. The predicted molar refractivity (Wildman–Crippen MR) is 68.2 cm³/mol. The smallest absolute Gasteiger partial charge is 0.132 e. The van der Waals surface area contributed by atoms with Gasteiger partial charge in [0.2, 0.25) is 0 Å². The van der Waals surface area contributed by atoms with E-state index >= 15 is 0 Å². The molecule has 0 aliphatic rings. The third-order valence-corrected chi connectivity index (χ3v) is 2.99. The third kappa shape index (κ3) is 2.74. The lowest BCUT2D eigenvalue weighted by Gasteiger charge is -2.14. The second-order valence-corrected chi connectivity index (χ2v) is 4.30. The zero-order chi connectivity index (χ0) is 14.0. The zero-order valence-electron chi connectivity index (χ0n) is 10.7. The van der Waals surface area contributed by atoms with Gasteiger partial charge in [-0.15, -0.1) is 0 Å². The van der Waals surface area contributed by atoms with Crippen molar-refractivity contribution < 1.29 is 18.6 Å². The summed E-state index contributed by atoms with van der Waals surface area (Å²) in [4.78, 5) is 0. The van der Waals surface area contributed by atoms with E-state index in [2.05, 4.69) is 0 Å². The number of hydrogen-bond donors (Lipinski definition) is 1. The Bertz CT molecular complexity index is 597. The van der Waals surface area contributed by atoms with Gasteiger partial charge in [0.05, 0.1) is 7.11 Å². The molecule has 0 heterocycles. The van der Waals surface area contributed by atoms with Crippen molar-refractivity contribution in [3.8, 4) is 5.75 Å². The molecule has 19 heavy (non-hydrogen) atoms. The summed E-state index contributed by atoms with van der Waals surface area (Å²) in [5.74, 6) is -0.740. The van der Waals surface area contributed by atoms with Crippen LogP contribution >= 0.6 is 0 Å². The molecule has 1 atom stereocenters. The Labute approximate surface area is 110 Å². The van der Waals surface area contributed by atoms with Crippen LogP contribution < -0.4 is 4.74 Å². The molecule has 2 aromatic rings. The number of hydrogen-bond acceptors (Lipinski definition) is 2. The van der Waals surface area contributed by atoms with Crippen molar-refractivity contribution in [2.45, 2.75) is 13.0 Å². The van der Waals surface area contributed by atoms with E-state index in [-0.39, 0.29) is 5.56 Å². The van der Waals surface area contributed by atoms with Crippen LogP contribution in [0.5, 0.6) is 5.75 Å². The summed E-state index contributed by atoms with van der Waals surface area (Å²) in [5.41, 5.74) is 1.41. The minimum atomic E-state index is -1.13. The predicted octanol–water partition coefficient (Wildman–Crippen LogP) is 3.36. The normalized spacial score (nSPS) is 12.3. The maximum atomic E-state index is 13.6. The second kappa shape index (κ2) is 5.36. The van der Waals surface area contributed by atoms with Crippen molar-refractivity contribution in [3.05, 3.63) is 64.7 Å². The first-order valence-corrected chi connectivity index (χ1v) is 5.80. The molecule has 100 valence electrons. The Kier molecular flexibility index (Phi) is 3.81. The van der Waals surface area contributed by atoms with Crippen LogP contribution in [0.15, 0.2) is 36.4 Å². The first-order chi connectivity index (χ1) is 9.02. The molecule has 2 nitrogen and oxygen atoms in total. The average Bonchev–Trinajstić information content (AvgIpc) is 2.38. The molecule has 1 N–H and O–H groups in total. The topological polar surface area (TPSA) is 29.5 Å². The van der Waals surface area contributed by atoms with E-state index < -0.39 is 17.7 Å². The quantitative estimate of drug-likeness (QED) is 0.921. The number of aryl methyl sites for hydroxylation is 1. The first-order valence-electron chi connectivity index (χ1n) is 5.80. The van der Waals surface area contributed by atoms with Gasteiger partial charge in [-0.25, -0.2) is 8.78 Å². The highest BCUT2D eigenvalue weighted by Gasteiger charge is 2.16. The molecule has 0 aliphatic heterocycles. The second-order valence-electron chi connectivity index (χ2n) is 4.30. The van der Waals surface area contributed by atoms with Gasteiger partial charge in [0.1, 0.15) is 23.5 Å². The van der Waals surface area contributed by atoms with Crippen LogP contribution in [0.3, 0.4) is 0 Å². The lowest BCUT2D eigenvalue weighted by Crippen LogP contribution is -2.03. The van der Waals surface area contributed by atoms with Crippen LogP contribution in [0.1, 0.15) is 22.8 Å². The lowest BCUT2D eigenvalue weighted by molar-refractivity contribution is 0.214. The Morgan fingerprint density at radius 2 is 1.84 bits per heavy atom. The van der Waals surface area contributed by atoms with Gasteiger partial charge >= 0.3 is 0 Å². The molecule has 0 fully saturated rings. The maximum Gasteiger partial charge on any atom is 0.132 e. The van der Waals surface area contributed by atoms with Gasteiger partial charge in [0, 0.05) is 11.6 Å². The van der Waals surface area contributed by atoms with Gasteiger partial charge in [0.25, 0.3) is 0 Å². The summed E-state index contributed by atoms with van der Waals surface area (Å²) in [6.45, 7) is 1.83.